The Bertz CT molecular complexity index is 650. The van der Waals surface area contributed by atoms with Crippen LogP contribution in [-0.4, -0.2) is 39.0 Å². The molecule has 2 rings (SSSR count). The monoisotopic (exact) mass is 315 g/mol. The summed E-state index contributed by atoms with van der Waals surface area (Å²) < 4.78 is 52.7. The molecule has 21 heavy (non-hydrogen) atoms. The topological polar surface area (TPSA) is 73.2 Å². The first-order chi connectivity index (χ1) is 9.92. The van der Waals surface area contributed by atoms with E-state index in [9.17, 15) is 17.2 Å². The molecule has 1 N–H and O–H groups in total. The maximum Gasteiger partial charge on any atom is 0.240 e. The molecule has 0 spiro atoms. The van der Waals surface area contributed by atoms with Gasteiger partial charge in [-0.15, -0.1) is 0 Å². The van der Waals surface area contributed by atoms with Gasteiger partial charge in [0.15, 0.2) is 11.6 Å². The van der Waals surface area contributed by atoms with Crippen molar-refractivity contribution in [3.05, 3.63) is 29.8 Å². The van der Waals surface area contributed by atoms with Gasteiger partial charge in [-0.05, 0) is 31.0 Å². The number of likely N-dealkylation sites (tertiary alicyclic amines) is 1. The van der Waals surface area contributed by atoms with Crippen molar-refractivity contribution in [1.82, 2.24) is 9.62 Å². The Labute approximate surface area is 122 Å². The molecule has 1 aromatic rings. The minimum absolute atomic E-state index is 0.266. The van der Waals surface area contributed by atoms with Crippen LogP contribution in [-0.2, 0) is 10.0 Å². The van der Waals surface area contributed by atoms with Crippen molar-refractivity contribution >= 4 is 10.0 Å². The molecule has 1 heterocycles. The van der Waals surface area contributed by atoms with Gasteiger partial charge in [0.05, 0.1) is 17.5 Å². The highest BCUT2D eigenvalue weighted by Gasteiger charge is 2.25. The smallest absolute Gasteiger partial charge is 0.240 e. The highest BCUT2D eigenvalue weighted by Crippen LogP contribution is 2.17. The van der Waals surface area contributed by atoms with Crippen LogP contribution in [0.3, 0.4) is 0 Å². The van der Waals surface area contributed by atoms with Crippen molar-refractivity contribution in [1.29, 1.82) is 5.26 Å². The van der Waals surface area contributed by atoms with Gasteiger partial charge in [-0.3, -0.25) is 4.90 Å². The van der Waals surface area contributed by atoms with E-state index in [1.54, 1.807) is 0 Å². The first-order valence-electron chi connectivity index (χ1n) is 6.49. The fourth-order valence-corrected chi connectivity index (χ4v) is 3.56. The molecule has 1 aromatic carbocycles. The van der Waals surface area contributed by atoms with E-state index in [0.29, 0.717) is 38.5 Å². The van der Waals surface area contributed by atoms with Crippen molar-refractivity contribution in [3.63, 3.8) is 0 Å². The van der Waals surface area contributed by atoms with Gasteiger partial charge in [-0.1, -0.05) is 0 Å². The average Bonchev–Trinajstić information content (AvgIpc) is 2.44. The zero-order valence-corrected chi connectivity index (χ0v) is 12.0. The number of hydrogen-bond acceptors (Lipinski definition) is 4. The van der Waals surface area contributed by atoms with Crippen LogP contribution in [0.2, 0.25) is 0 Å². The summed E-state index contributed by atoms with van der Waals surface area (Å²) in [6.45, 7) is 1.57. The Balaban J connectivity index is 2.02. The number of nitrogens with zero attached hydrogens (tertiary/aromatic N) is 2. The second kappa shape index (κ2) is 6.47. The molecule has 114 valence electrons. The van der Waals surface area contributed by atoms with Crippen LogP contribution in [0.4, 0.5) is 8.78 Å². The van der Waals surface area contributed by atoms with Gasteiger partial charge >= 0.3 is 0 Å². The minimum atomic E-state index is -3.87. The third-order valence-corrected chi connectivity index (χ3v) is 4.92. The van der Waals surface area contributed by atoms with Crippen LogP contribution in [0.1, 0.15) is 12.8 Å². The molecule has 1 aliphatic heterocycles. The molecule has 0 amide bonds. The predicted octanol–water partition coefficient (Wildman–Crippen LogP) is 1.23. The SMILES string of the molecule is N#CCN1CCC(NS(=O)(=O)c2ccc(F)c(F)c2)CC1. The van der Waals surface area contributed by atoms with Gasteiger partial charge in [-0.25, -0.2) is 21.9 Å². The highest BCUT2D eigenvalue weighted by atomic mass is 32.2. The van der Waals surface area contributed by atoms with E-state index < -0.39 is 21.7 Å². The Kier molecular flexibility index (Phi) is 4.88. The molecule has 5 nitrogen and oxygen atoms in total. The fourth-order valence-electron chi connectivity index (χ4n) is 2.24. The van der Waals surface area contributed by atoms with E-state index in [1.807, 2.05) is 11.0 Å². The normalized spacial score (nSPS) is 17.6. The van der Waals surface area contributed by atoms with Gasteiger partial charge in [0.1, 0.15) is 0 Å². The van der Waals surface area contributed by atoms with Gasteiger partial charge in [0, 0.05) is 19.1 Å². The number of benzene rings is 1. The Hall–Kier alpha value is -1.56. The molecular weight excluding hydrogens is 300 g/mol. The maximum absolute atomic E-state index is 13.1. The summed E-state index contributed by atoms with van der Waals surface area (Å²) in [7, 11) is -3.87. The third-order valence-electron chi connectivity index (χ3n) is 3.41. The van der Waals surface area contributed by atoms with Crippen LogP contribution >= 0.6 is 0 Å². The second-order valence-corrected chi connectivity index (χ2v) is 6.62. The molecule has 1 aliphatic rings. The van der Waals surface area contributed by atoms with Gasteiger partial charge in [-0.2, -0.15) is 5.26 Å². The van der Waals surface area contributed by atoms with E-state index in [4.69, 9.17) is 5.26 Å². The first kappa shape index (κ1) is 15.8. The molecule has 0 unspecified atom stereocenters. The zero-order chi connectivity index (χ0) is 15.5. The van der Waals surface area contributed by atoms with E-state index >= 15 is 0 Å². The number of piperidine rings is 1. The van der Waals surface area contributed by atoms with E-state index in [1.165, 1.54) is 0 Å². The molecular formula is C13H15F2N3O2S. The number of sulfonamides is 1. The maximum atomic E-state index is 13.1. The summed E-state index contributed by atoms with van der Waals surface area (Å²) in [6.07, 6.45) is 1.15. The lowest BCUT2D eigenvalue weighted by Gasteiger charge is -2.30. The van der Waals surface area contributed by atoms with E-state index in [0.717, 1.165) is 12.1 Å². The summed E-state index contributed by atoms with van der Waals surface area (Å²) in [5.41, 5.74) is 0. The first-order valence-corrected chi connectivity index (χ1v) is 7.97. The summed E-state index contributed by atoms with van der Waals surface area (Å²) in [6, 6.07) is 4.28. The molecule has 0 saturated carbocycles. The minimum Gasteiger partial charge on any atom is -0.290 e. The molecule has 0 radical (unpaired) electrons. The second-order valence-electron chi connectivity index (χ2n) is 4.91. The largest absolute Gasteiger partial charge is 0.290 e. The summed E-state index contributed by atoms with van der Waals surface area (Å²) in [5, 5.41) is 8.60. The molecule has 0 bridgehead atoms. The summed E-state index contributed by atoms with van der Waals surface area (Å²) >= 11 is 0. The number of hydrogen-bond donors (Lipinski definition) is 1. The quantitative estimate of drug-likeness (QED) is 0.848. The van der Waals surface area contributed by atoms with Crippen LogP contribution in [0.25, 0.3) is 0 Å². The van der Waals surface area contributed by atoms with E-state index in [2.05, 4.69) is 4.72 Å². The van der Waals surface area contributed by atoms with E-state index in [-0.39, 0.29) is 10.9 Å². The Morgan fingerprint density at radius 3 is 2.52 bits per heavy atom. The highest BCUT2D eigenvalue weighted by molar-refractivity contribution is 7.89. The molecule has 0 atom stereocenters. The van der Waals surface area contributed by atoms with Gasteiger partial charge in [0.2, 0.25) is 10.0 Å². The standard InChI is InChI=1S/C13H15F2N3O2S/c14-12-2-1-11(9-13(12)15)21(19,20)17-10-3-6-18(7-4-10)8-5-16/h1-2,9-10,17H,3-4,6-8H2. The summed E-state index contributed by atoms with van der Waals surface area (Å²) in [5.74, 6) is -2.28. The average molecular weight is 315 g/mol. The van der Waals surface area contributed by atoms with Crippen LogP contribution in [0.15, 0.2) is 23.1 Å². The van der Waals surface area contributed by atoms with Crippen molar-refractivity contribution in [2.45, 2.75) is 23.8 Å². The molecule has 0 aliphatic carbocycles. The third kappa shape index (κ3) is 3.97. The van der Waals surface area contributed by atoms with Crippen LogP contribution in [0, 0.1) is 23.0 Å². The molecule has 1 saturated heterocycles. The lowest BCUT2D eigenvalue weighted by molar-refractivity contribution is 0.229. The van der Waals surface area contributed by atoms with Crippen molar-refractivity contribution < 1.29 is 17.2 Å². The predicted molar refractivity (Wildman–Crippen MR) is 71.8 cm³/mol. The summed E-state index contributed by atoms with van der Waals surface area (Å²) in [4.78, 5) is 1.64. The van der Waals surface area contributed by atoms with Crippen molar-refractivity contribution in [3.8, 4) is 6.07 Å². The number of halogens is 2. The van der Waals surface area contributed by atoms with Crippen LogP contribution in [0.5, 0.6) is 0 Å². The Morgan fingerprint density at radius 2 is 1.95 bits per heavy atom. The number of rotatable bonds is 4. The Morgan fingerprint density at radius 1 is 1.29 bits per heavy atom. The lowest BCUT2D eigenvalue weighted by Crippen LogP contribution is -2.44. The van der Waals surface area contributed by atoms with Crippen LogP contribution < -0.4 is 4.72 Å². The van der Waals surface area contributed by atoms with Gasteiger partial charge in [0.25, 0.3) is 0 Å². The number of nitrogens with one attached hydrogen (secondary N) is 1. The van der Waals surface area contributed by atoms with Crippen molar-refractivity contribution in [2.75, 3.05) is 19.6 Å². The number of nitriles is 1. The van der Waals surface area contributed by atoms with Crippen molar-refractivity contribution in [2.24, 2.45) is 0 Å². The molecule has 8 heteroatoms. The molecule has 0 aromatic heterocycles. The zero-order valence-electron chi connectivity index (χ0n) is 11.2. The molecule has 1 fully saturated rings. The lowest BCUT2D eigenvalue weighted by atomic mass is 10.1. The van der Waals surface area contributed by atoms with Gasteiger partial charge < -0.3 is 0 Å². The fraction of sp³-hybridized carbons (Fsp3) is 0.462.